The lowest BCUT2D eigenvalue weighted by Gasteiger charge is -2.03. The number of aromatic nitrogens is 3. The van der Waals surface area contributed by atoms with Gasteiger partial charge in [-0.2, -0.15) is 5.10 Å². The third kappa shape index (κ3) is 1.44. The Balaban J connectivity index is 2.32. The molecule has 0 saturated heterocycles. The Morgan fingerprint density at radius 1 is 1.39 bits per heavy atom. The van der Waals surface area contributed by atoms with E-state index in [0.717, 1.165) is 27.9 Å². The lowest BCUT2D eigenvalue weighted by atomic mass is 10.1. The van der Waals surface area contributed by atoms with Gasteiger partial charge in [0.1, 0.15) is 11.6 Å². The SMILES string of the molecule is COc1cccc2c(-c3cc(N)n[nH]3)cn(C)c12. The first kappa shape index (κ1) is 10.7. The van der Waals surface area contributed by atoms with Gasteiger partial charge in [-0.05, 0) is 6.07 Å². The summed E-state index contributed by atoms with van der Waals surface area (Å²) in [5, 5.41) is 8.01. The van der Waals surface area contributed by atoms with Crippen molar-refractivity contribution in [3.63, 3.8) is 0 Å². The van der Waals surface area contributed by atoms with Gasteiger partial charge in [-0.3, -0.25) is 5.10 Å². The molecule has 0 atom stereocenters. The summed E-state index contributed by atoms with van der Waals surface area (Å²) in [6.07, 6.45) is 2.04. The van der Waals surface area contributed by atoms with Crippen molar-refractivity contribution < 1.29 is 4.74 Å². The van der Waals surface area contributed by atoms with Gasteiger partial charge in [0.2, 0.25) is 0 Å². The number of fused-ring (bicyclic) bond motifs is 1. The van der Waals surface area contributed by atoms with Crippen molar-refractivity contribution in [2.45, 2.75) is 0 Å². The van der Waals surface area contributed by atoms with E-state index in [1.165, 1.54) is 0 Å². The second-order valence-corrected chi connectivity index (χ2v) is 4.22. The van der Waals surface area contributed by atoms with Crippen molar-refractivity contribution in [3.05, 3.63) is 30.5 Å². The summed E-state index contributed by atoms with van der Waals surface area (Å²) in [5.74, 6) is 1.35. The van der Waals surface area contributed by atoms with Crippen LogP contribution in [0.3, 0.4) is 0 Å². The van der Waals surface area contributed by atoms with Gasteiger partial charge in [-0.15, -0.1) is 0 Å². The molecule has 0 aliphatic carbocycles. The number of hydrogen-bond acceptors (Lipinski definition) is 3. The van der Waals surface area contributed by atoms with Gasteiger partial charge in [-0.1, -0.05) is 12.1 Å². The number of rotatable bonds is 2. The molecule has 0 aliphatic rings. The Bertz CT molecular complexity index is 711. The van der Waals surface area contributed by atoms with Crippen molar-refractivity contribution in [1.82, 2.24) is 14.8 Å². The molecule has 0 radical (unpaired) electrons. The maximum absolute atomic E-state index is 5.65. The quantitative estimate of drug-likeness (QED) is 0.723. The molecule has 0 aliphatic heterocycles. The molecular weight excluding hydrogens is 228 g/mol. The van der Waals surface area contributed by atoms with Gasteiger partial charge >= 0.3 is 0 Å². The first-order valence-electron chi connectivity index (χ1n) is 5.64. The molecule has 1 aromatic carbocycles. The average Bonchev–Trinajstić information content (AvgIpc) is 2.94. The van der Waals surface area contributed by atoms with E-state index in [0.29, 0.717) is 5.82 Å². The summed E-state index contributed by atoms with van der Waals surface area (Å²) in [7, 11) is 3.67. The number of aromatic amines is 1. The van der Waals surface area contributed by atoms with Crippen LogP contribution in [0.15, 0.2) is 30.5 Å². The van der Waals surface area contributed by atoms with Crippen LogP contribution in [0.2, 0.25) is 0 Å². The van der Waals surface area contributed by atoms with Crippen molar-refractivity contribution in [2.75, 3.05) is 12.8 Å². The standard InChI is InChI=1S/C13H14N4O/c1-17-7-9(10-6-12(14)16-15-10)8-4-3-5-11(18-2)13(8)17/h3-7H,1-2H3,(H3,14,15,16). The van der Waals surface area contributed by atoms with Gasteiger partial charge < -0.3 is 15.0 Å². The smallest absolute Gasteiger partial charge is 0.145 e. The lowest BCUT2D eigenvalue weighted by Crippen LogP contribution is -1.89. The van der Waals surface area contributed by atoms with Crippen LogP contribution in [0.5, 0.6) is 5.75 Å². The monoisotopic (exact) mass is 242 g/mol. The topological polar surface area (TPSA) is 68.9 Å². The van der Waals surface area contributed by atoms with E-state index >= 15 is 0 Å². The van der Waals surface area contributed by atoms with Crippen LogP contribution in [0, 0.1) is 0 Å². The lowest BCUT2D eigenvalue weighted by molar-refractivity contribution is 0.418. The zero-order chi connectivity index (χ0) is 12.7. The third-order valence-corrected chi connectivity index (χ3v) is 3.07. The number of benzene rings is 1. The molecule has 92 valence electrons. The van der Waals surface area contributed by atoms with Crippen LogP contribution < -0.4 is 10.5 Å². The molecule has 0 fully saturated rings. The predicted molar refractivity (Wildman–Crippen MR) is 71.5 cm³/mol. The minimum Gasteiger partial charge on any atom is -0.495 e. The van der Waals surface area contributed by atoms with E-state index in [9.17, 15) is 0 Å². The predicted octanol–water partition coefficient (Wildman–Crippen LogP) is 2.16. The molecule has 3 rings (SSSR count). The van der Waals surface area contributed by atoms with E-state index in [2.05, 4.69) is 16.3 Å². The minimum atomic E-state index is 0.491. The number of nitrogens with two attached hydrogens (primary N) is 1. The fourth-order valence-corrected chi connectivity index (χ4v) is 2.29. The summed E-state index contributed by atoms with van der Waals surface area (Å²) < 4.78 is 7.43. The molecule has 2 heterocycles. The summed E-state index contributed by atoms with van der Waals surface area (Å²) in [5.41, 5.74) is 8.68. The minimum absolute atomic E-state index is 0.491. The highest BCUT2D eigenvalue weighted by atomic mass is 16.5. The molecule has 0 unspecified atom stereocenters. The Labute approximate surface area is 104 Å². The number of para-hydroxylation sites is 1. The molecule has 2 aromatic heterocycles. The van der Waals surface area contributed by atoms with Crippen LogP contribution in [0.4, 0.5) is 5.82 Å². The first-order chi connectivity index (χ1) is 8.70. The van der Waals surface area contributed by atoms with Gasteiger partial charge in [0.25, 0.3) is 0 Å². The van der Waals surface area contributed by atoms with Crippen molar-refractivity contribution in [3.8, 4) is 17.0 Å². The molecule has 3 aromatic rings. The second-order valence-electron chi connectivity index (χ2n) is 4.22. The van der Waals surface area contributed by atoms with E-state index in [-0.39, 0.29) is 0 Å². The van der Waals surface area contributed by atoms with Gasteiger partial charge in [0.05, 0.1) is 18.3 Å². The molecule has 0 saturated carbocycles. The maximum Gasteiger partial charge on any atom is 0.145 e. The van der Waals surface area contributed by atoms with E-state index in [1.807, 2.05) is 36.0 Å². The fourth-order valence-electron chi connectivity index (χ4n) is 2.29. The molecule has 5 heteroatoms. The van der Waals surface area contributed by atoms with E-state index < -0.39 is 0 Å². The summed E-state index contributed by atoms with van der Waals surface area (Å²) in [6, 6.07) is 7.82. The summed E-state index contributed by atoms with van der Waals surface area (Å²) >= 11 is 0. The summed E-state index contributed by atoms with van der Waals surface area (Å²) in [6.45, 7) is 0. The highest BCUT2D eigenvalue weighted by Crippen LogP contribution is 2.34. The van der Waals surface area contributed by atoms with E-state index in [4.69, 9.17) is 10.5 Å². The van der Waals surface area contributed by atoms with Crippen molar-refractivity contribution in [2.24, 2.45) is 7.05 Å². The average molecular weight is 242 g/mol. The van der Waals surface area contributed by atoms with Crippen LogP contribution in [-0.4, -0.2) is 21.9 Å². The number of nitrogens with one attached hydrogen (secondary N) is 1. The number of methoxy groups -OCH3 is 1. The third-order valence-electron chi connectivity index (χ3n) is 3.07. The highest BCUT2D eigenvalue weighted by molar-refractivity contribution is 5.98. The molecule has 0 spiro atoms. The van der Waals surface area contributed by atoms with Crippen molar-refractivity contribution >= 4 is 16.7 Å². The van der Waals surface area contributed by atoms with Gasteiger partial charge in [0, 0.05) is 30.3 Å². The Morgan fingerprint density at radius 3 is 2.89 bits per heavy atom. The number of nitrogen functional groups attached to an aromatic ring is 1. The number of aryl methyl sites for hydroxylation is 1. The Morgan fingerprint density at radius 2 is 2.22 bits per heavy atom. The molecular formula is C13H14N4O. The van der Waals surface area contributed by atoms with Crippen LogP contribution in [-0.2, 0) is 7.05 Å². The number of ether oxygens (including phenoxy) is 1. The van der Waals surface area contributed by atoms with Gasteiger partial charge in [-0.25, -0.2) is 0 Å². The molecule has 0 bridgehead atoms. The normalized spacial score (nSPS) is 11.0. The Hall–Kier alpha value is -2.43. The van der Waals surface area contributed by atoms with Crippen LogP contribution >= 0.6 is 0 Å². The Kier molecular flexibility index (Phi) is 2.26. The molecule has 3 N–H and O–H groups in total. The number of anilines is 1. The zero-order valence-electron chi connectivity index (χ0n) is 10.3. The van der Waals surface area contributed by atoms with Crippen molar-refractivity contribution in [1.29, 1.82) is 0 Å². The summed E-state index contributed by atoms with van der Waals surface area (Å²) in [4.78, 5) is 0. The molecule has 0 amide bonds. The van der Waals surface area contributed by atoms with Crippen LogP contribution in [0.1, 0.15) is 0 Å². The maximum atomic E-state index is 5.65. The largest absolute Gasteiger partial charge is 0.495 e. The number of nitrogens with zero attached hydrogens (tertiary/aromatic N) is 2. The van der Waals surface area contributed by atoms with Crippen LogP contribution in [0.25, 0.3) is 22.2 Å². The second kappa shape index (κ2) is 3.80. The molecule has 18 heavy (non-hydrogen) atoms. The molecule has 5 nitrogen and oxygen atoms in total. The zero-order valence-corrected chi connectivity index (χ0v) is 10.3. The number of hydrogen-bond donors (Lipinski definition) is 2. The van der Waals surface area contributed by atoms with Gasteiger partial charge in [0.15, 0.2) is 0 Å². The van der Waals surface area contributed by atoms with E-state index in [1.54, 1.807) is 7.11 Å². The first-order valence-corrected chi connectivity index (χ1v) is 5.64. The fraction of sp³-hybridized carbons (Fsp3) is 0.154. The highest BCUT2D eigenvalue weighted by Gasteiger charge is 2.13. The number of H-pyrrole nitrogens is 1.